The van der Waals surface area contributed by atoms with E-state index < -0.39 is 0 Å². The Morgan fingerprint density at radius 1 is 1.43 bits per heavy atom. The molecule has 0 radical (unpaired) electrons. The molecule has 3 rings (SSSR count). The van der Waals surface area contributed by atoms with Crippen molar-refractivity contribution < 1.29 is 9.53 Å². The van der Waals surface area contributed by atoms with Crippen LogP contribution in [-0.4, -0.2) is 46.6 Å². The van der Waals surface area contributed by atoms with Crippen molar-refractivity contribution in [1.29, 1.82) is 0 Å². The quantitative estimate of drug-likeness (QED) is 0.915. The molecular weight excluding hydrogens is 294 g/mol. The van der Waals surface area contributed by atoms with Crippen molar-refractivity contribution in [2.45, 2.75) is 32.3 Å². The number of aromatic amines is 1. The number of aromatic nitrogens is 2. The number of nitrogens with zero attached hydrogens (tertiary/aromatic N) is 2. The van der Waals surface area contributed by atoms with Crippen LogP contribution in [0.5, 0.6) is 0 Å². The Morgan fingerprint density at radius 3 is 3.00 bits per heavy atom. The highest BCUT2D eigenvalue weighted by atomic mass is 16.5. The molecule has 0 spiro atoms. The van der Waals surface area contributed by atoms with Gasteiger partial charge in [-0.25, -0.2) is 4.98 Å². The summed E-state index contributed by atoms with van der Waals surface area (Å²) in [5.74, 6) is -0.148. The zero-order valence-corrected chi connectivity index (χ0v) is 13.2. The van der Waals surface area contributed by atoms with Gasteiger partial charge in [-0.1, -0.05) is 19.1 Å². The number of hydrogen-bond acceptors (Lipinski definition) is 4. The number of carbonyl (C=O) groups is 1. The molecule has 1 amide bonds. The first-order valence-electron chi connectivity index (χ1n) is 8.09. The Morgan fingerprint density at radius 2 is 2.26 bits per heavy atom. The number of hydrogen-bond donors (Lipinski definition) is 1. The van der Waals surface area contributed by atoms with Gasteiger partial charge in [-0.3, -0.25) is 9.59 Å². The van der Waals surface area contributed by atoms with Crippen molar-refractivity contribution >= 4 is 16.8 Å². The summed E-state index contributed by atoms with van der Waals surface area (Å²) in [6.45, 7) is 3.94. The van der Waals surface area contributed by atoms with Crippen LogP contribution in [0.3, 0.4) is 0 Å². The average molecular weight is 315 g/mol. The lowest BCUT2D eigenvalue weighted by atomic mass is 10.2. The van der Waals surface area contributed by atoms with Gasteiger partial charge in [0.25, 0.3) is 11.5 Å². The summed E-state index contributed by atoms with van der Waals surface area (Å²) < 4.78 is 5.62. The summed E-state index contributed by atoms with van der Waals surface area (Å²) in [5, 5.41) is 0.491. The summed E-state index contributed by atoms with van der Waals surface area (Å²) >= 11 is 0. The first-order valence-corrected chi connectivity index (χ1v) is 8.09. The average Bonchev–Trinajstić information content (AvgIpc) is 3.07. The minimum atomic E-state index is -0.285. The fraction of sp³-hybridized carbons (Fsp3) is 0.471. The Balaban J connectivity index is 1.88. The smallest absolute Gasteiger partial charge is 0.289 e. The van der Waals surface area contributed by atoms with Crippen LogP contribution in [0.2, 0.25) is 0 Å². The number of para-hydroxylation sites is 1. The molecule has 1 atom stereocenters. The molecule has 1 saturated heterocycles. The van der Waals surface area contributed by atoms with Gasteiger partial charge in [0.15, 0.2) is 5.82 Å². The molecule has 1 fully saturated rings. The SMILES string of the molecule is CCCN(CC1CCCO1)C(=O)c1nc2ccccc2c(=O)[nH]1. The number of fused-ring (bicyclic) bond motifs is 1. The predicted molar refractivity (Wildman–Crippen MR) is 87.5 cm³/mol. The van der Waals surface area contributed by atoms with Gasteiger partial charge in [0, 0.05) is 19.7 Å². The molecule has 23 heavy (non-hydrogen) atoms. The number of benzene rings is 1. The van der Waals surface area contributed by atoms with Crippen LogP contribution in [0.15, 0.2) is 29.1 Å². The van der Waals surface area contributed by atoms with Crippen LogP contribution in [0.4, 0.5) is 0 Å². The van der Waals surface area contributed by atoms with E-state index in [9.17, 15) is 9.59 Å². The van der Waals surface area contributed by atoms with Crippen molar-refractivity contribution in [3.8, 4) is 0 Å². The second-order valence-corrected chi connectivity index (χ2v) is 5.82. The van der Waals surface area contributed by atoms with Crippen LogP contribution in [0.1, 0.15) is 36.8 Å². The molecule has 2 heterocycles. The highest BCUT2D eigenvalue weighted by molar-refractivity contribution is 5.92. The van der Waals surface area contributed by atoms with Crippen molar-refractivity contribution in [2.75, 3.05) is 19.7 Å². The van der Waals surface area contributed by atoms with E-state index in [1.165, 1.54) is 0 Å². The maximum atomic E-state index is 12.8. The van der Waals surface area contributed by atoms with Gasteiger partial charge in [0.05, 0.1) is 17.0 Å². The number of rotatable bonds is 5. The lowest BCUT2D eigenvalue weighted by molar-refractivity contribution is 0.0517. The monoisotopic (exact) mass is 315 g/mol. The first kappa shape index (κ1) is 15.7. The fourth-order valence-electron chi connectivity index (χ4n) is 2.92. The molecule has 0 saturated carbocycles. The van der Waals surface area contributed by atoms with Crippen molar-refractivity contribution in [1.82, 2.24) is 14.9 Å². The molecular formula is C17H21N3O3. The molecule has 1 N–H and O–H groups in total. The van der Waals surface area contributed by atoms with E-state index in [4.69, 9.17) is 4.74 Å². The van der Waals surface area contributed by atoms with Gasteiger partial charge >= 0.3 is 0 Å². The van der Waals surface area contributed by atoms with Crippen LogP contribution < -0.4 is 5.56 Å². The molecule has 122 valence electrons. The molecule has 6 heteroatoms. The van der Waals surface area contributed by atoms with Crippen LogP contribution in [-0.2, 0) is 4.74 Å². The minimum absolute atomic E-state index is 0.0812. The van der Waals surface area contributed by atoms with Gasteiger partial charge in [0.2, 0.25) is 0 Å². The standard InChI is InChI=1S/C17H21N3O3/c1-2-9-20(11-12-6-5-10-23-12)17(22)15-18-14-8-4-3-7-13(14)16(21)19-15/h3-4,7-8,12H,2,5-6,9-11H2,1H3,(H,18,19,21). The fourth-order valence-corrected chi connectivity index (χ4v) is 2.92. The van der Waals surface area contributed by atoms with Crippen molar-refractivity contribution in [2.24, 2.45) is 0 Å². The van der Waals surface area contributed by atoms with E-state index >= 15 is 0 Å². The van der Waals surface area contributed by atoms with E-state index in [1.54, 1.807) is 29.2 Å². The second kappa shape index (κ2) is 6.91. The van der Waals surface area contributed by atoms with Gasteiger partial charge < -0.3 is 14.6 Å². The van der Waals surface area contributed by atoms with E-state index in [2.05, 4.69) is 9.97 Å². The highest BCUT2D eigenvalue weighted by Gasteiger charge is 2.24. The molecule has 1 aromatic heterocycles. The van der Waals surface area contributed by atoms with Crippen molar-refractivity contribution in [3.63, 3.8) is 0 Å². The zero-order chi connectivity index (χ0) is 16.2. The largest absolute Gasteiger partial charge is 0.376 e. The van der Waals surface area contributed by atoms with E-state index in [0.29, 0.717) is 24.0 Å². The minimum Gasteiger partial charge on any atom is -0.376 e. The first-order chi connectivity index (χ1) is 11.2. The topological polar surface area (TPSA) is 75.3 Å². The lowest BCUT2D eigenvalue weighted by Gasteiger charge is -2.24. The number of H-pyrrole nitrogens is 1. The third-order valence-corrected chi connectivity index (χ3v) is 4.04. The molecule has 1 unspecified atom stereocenters. The number of carbonyl (C=O) groups excluding carboxylic acids is 1. The van der Waals surface area contributed by atoms with Gasteiger partial charge in [-0.05, 0) is 31.4 Å². The molecule has 6 nitrogen and oxygen atoms in total. The summed E-state index contributed by atoms with van der Waals surface area (Å²) in [5.41, 5.74) is 0.251. The molecule has 2 aromatic rings. The van der Waals surface area contributed by atoms with Crippen LogP contribution >= 0.6 is 0 Å². The lowest BCUT2D eigenvalue weighted by Crippen LogP contribution is -2.39. The summed E-state index contributed by atoms with van der Waals surface area (Å²) in [4.78, 5) is 33.6. The normalized spacial score (nSPS) is 17.5. The molecule has 1 aliphatic rings. The van der Waals surface area contributed by atoms with E-state index in [0.717, 1.165) is 25.9 Å². The Hall–Kier alpha value is -2.21. The predicted octanol–water partition coefficient (Wildman–Crippen LogP) is 1.95. The molecule has 1 aliphatic heterocycles. The summed E-state index contributed by atoms with van der Waals surface area (Å²) in [6.07, 6.45) is 2.92. The maximum absolute atomic E-state index is 12.8. The Labute approximate surface area is 134 Å². The molecule has 0 aliphatic carbocycles. The molecule has 0 bridgehead atoms. The number of amides is 1. The van der Waals surface area contributed by atoms with Crippen LogP contribution in [0.25, 0.3) is 10.9 Å². The van der Waals surface area contributed by atoms with Gasteiger partial charge in [0.1, 0.15) is 0 Å². The third kappa shape index (κ3) is 3.42. The third-order valence-electron chi connectivity index (χ3n) is 4.04. The molecule has 1 aromatic carbocycles. The summed E-state index contributed by atoms with van der Waals surface area (Å²) in [6, 6.07) is 7.03. The second-order valence-electron chi connectivity index (χ2n) is 5.82. The number of ether oxygens (including phenoxy) is 1. The van der Waals surface area contributed by atoms with E-state index in [-0.39, 0.29) is 23.4 Å². The van der Waals surface area contributed by atoms with E-state index in [1.807, 2.05) is 6.92 Å². The van der Waals surface area contributed by atoms with Crippen molar-refractivity contribution in [3.05, 3.63) is 40.4 Å². The summed E-state index contributed by atoms with van der Waals surface area (Å²) in [7, 11) is 0. The Kier molecular flexibility index (Phi) is 4.71. The van der Waals surface area contributed by atoms with Crippen LogP contribution in [0, 0.1) is 0 Å². The van der Waals surface area contributed by atoms with Gasteiger partial charge in [-0.15, -0.1) is 0 Å². The zero-order valence-electron chi connectivity index (χ0n) is 13.2. The maximum Gasteiger partial charge on any atom is 0.289 e. The number of nitrogens with one attached hydrogen (secondary N) is 1. The Bertz CT molecular complexity index is 750. The highest BCUT2D eigenvalue weighted by Crippen LogP contribution is 2.15. The van der Waals surface area contributed by atoms with Gasteiger partial charge in [-0.2, -0.15) is 0 Å².